The molecule has 2 unspecified atom stereocenters. The highest BCUT2D eigenvalue weighted by Crippen LogP contribution is 2.07. The van der Waals surface area contributed by atoms with E-state index < -0.39 is 6.04 Å². The van der Waals surface area contributed by atoms with Crippen LogP contribution in [0.3, 0.4) is 0 Å². The molecule has 6 nitrogen and oxygen atoms in total. The van der Waals surface area contributed by atoms with Crippen molar-refractivity contribution in [2.45, 2.75) is 25.9 Å². The number of amides is 3. The van der Waals surface area contributed by atoms with Crippen LogP contribution in [-0.4, -0.2) is 48.6 Å². The Labute approximate surface area is 137 Å². The SMILES string of the molecule is CC(NC(=O)Nc1ccccc1)C(=O)N1CCNCC1C.Cl. The first-order valence-electron chi connectivity index (χ1n) is 7.21. The fraction of sp³-hybridized carbons (Fsp3) is 0.467. The standard InChI is InChI=1S/C15H22N4O2.ClH/c1-11-10-16-8-9-19(11)14(20)12(2)17-15(21)18-13-6-4-3-5-7-13;/h3-7,11-12,16H,8-10H2,1-2H3,(H2,17,18,21);1H. The van der Waals surface area contributed by atoms with Gasteiger partial charge in [-0.3, -0.25) is 4.79 Å². The number of carbonyl (C=O) groups excluding carboxylic acids is 2. The average Bonchev–Trinajstić information content (AvgIpc) is 2.48. The van der Waals surface area contributed by atoms with Crippen LogP contribution in [0, 0.1) is 0 Å². The van der Waals surface area contributed by atoms with Crippen LogP contribution in [0.2, 0.25) is 0 Å². The summed E-state index contributed by atoms with van der Waals surface area (Å²) < 4.78 is 0. The zero-order valence-corrected chi connectivity index (χ0v) is 13.7. The molecule has 1 aromatic rings. The van der Waals surface area contributed by atoms with Gasteiger partial charge < -0.3 is 20.9 Å². The molecule has 0 radical (unpaired) electrons. The number of para-hydroxylation sites is 1. The minimum Gasteiger partial charge on any atom is -0.336 e. The van der Waals surface area contributed by atoms with E-state index in [4.69, 9.17) is 0 Å². The van der Waals surface area contributed by atoms with Crippen LogP contribution in [0.4, 0.5) is 10.5 Å². The van der Waals surface area contributed by atoms with E-state index in [0.29, 0.717) is 12.2 Å². The van der Waals surface area contributed by atoms with Gasteiger partial charge in [0.25, 0.3) is 0 Å². The molecule has 0 spiro atoms. The predicted molar refractivity (Wildman–Crippen MR) is 89.4 cm³/mol. The van der Waals surface area contributed by atoms with Crippen molar-refractivity contribution in [3.05, 3.63) is 30.3 Å². The number of urea groups is 1. The largest absolute Gasteiger partial charge is 0.336 e. The van der Waals surface area contributed by atoms with Gasteiger partial charge >= 0.3 is 6.03 Å². The molecule has 1 aromatic carbocycles. The maximum Gasteiger partial charge on any atom is 0.319 e. The zero-order valence-electron chi connectivity index (χ0n) is 12.8. The van der Waals surface area contributed by atoms with Gasteiger partial charge in [-0.2, -0.15) is 0 Å². The van der Waals surface area contributed by atoms with E-state index in [9.17, 15) is 9.59 Å². The number of anilines is 1. The molecule has 3 amide bonds. The van der Waals surface area contributed by atoms with Crippen molar-refractivity contribution < 1.29 is 9.59 Å². The number of hydrogen-bond donors (Lipinski definition) is 3. The third kappa shape index (κ3) is 4.89. The van der Waals surface area contributed by atoms with Crippen molar-refractivity contribution in [3.63, 3.8) is 0 Å². The van der Waals surface area contributed by atoms with Crippen LogP contribution in [0.25, 0.3) is 0 Å². The molecule has 7 heteroatoms. The molecule has 2 rings (SSSR count). The fourth-order valence-corrected chi connectivity index (χ4v) is 2.36. The van der Waals surface area contributed by atoms with Crippen molar-refractivity contribution in [1.29, 1.82) is 0 Å². The highest BCUT2D eigenvalue weighted by atomic mass is 35.5. The van der Waals surface area contributed by atoms with Crippen LogP contribution in [-0.2, 0) is 4.79 Å². The minimum absolute atomic E-state index is 0. The van der Waals surface area contributed by atoms with Gasteiger partial charge in [-0.05, 0) is 26.0 Å². The lowest BCUT2D eigenvalue weighted by atomic mass is 10.2. The topological polar surface area (TPSA) is 73.5 Å². The summed E-state index contributed by atoms with van der Waals surface area (Å²) in [6.45, 7) is 5.96. The number of carbonyl (C=O) groups is 2. The lowest BCUT2D eigenvalue weighted by Crippen LogP contribution is -2.57. The first-order valence-corrected chi connectivity index (χ1v) is 7.21. The summed E-state index contributed by atoms with van der Waals surface area (Å²) >= 11 is 0. The summed E-state index contributed by atoms with van der Waals surface area (Å²) in [5, 5.41) is 8.63. The number of piperazine rings is 1. The smallest absolute Gasteiger partial charge is 0.319 e. The Balaban J connectivity index is 0.00000242. The Morgan fingerprint density at radius 3 is 2.64 bits per heavy atom. The van der Waals surface area contributed by atoms with Gasteiger partial charge in [0.1, 0.15) is 6.04 Å². The molecule has 22 heavy (non-hydrogen) atoms. The molecule has 1 aliphatic heterocycles. The first kappa shape index (κ1) is 18.3. The van der Waals surface area contributed by atoms with E-state index in [1.807, 2.05) is 30.0 Å². The molecule has 2 atom stereocenters. The summed E-state index contributed by atoms with van der Waals surface area (Å²) in [5.41, 5.74) is 0.699. The Bertz CT molecular complexity index is 498. The van der Waals surface area contributed by atoms with Crippen molar-refractivity contribution in [2.24, 2.45) is 0 Å². The van der Waals surface area contributed by atoms with E-state index in [2.05, 4.69) is 16.0 Å². The molecule has 0 aliphatic carbocycles. The van der Waals surface area contributed by atoms with Gasteiger partial charge in [0.2, 0.25) is 5.91 Å². The normalized spacial score (nSPS) is 18.8. The number of hydrogen-bond acceptors (Lipinski definition) is 3. The predicted octanol–water partition coefficient (Wildman–Crippen LogP) is 1.44. The lowest BCUT2D eigenvalue weighted by Gasteiger charge is -2.35. The van der Waals surface area contributed by atoms with Gasteiger partial charge in [0, 0.05) is 31.4 Å². The number of nitrogens with zero attached hydrogens (tertiary/aromatic N) is 1. The second-order valence-corrected chi connectivity index (χ2v) is 5.27. The van der Waals surface area contributed by atoms with E-state index in [1.54, 1.807) is 19.1 Å². The quantitative estimate of drug-likeness (QED) is 0.787. The minimum atomic E-state index is -0.547. The van der Waals surface area contributed by atoms with E-state index in [1.165, 1.54) is 0 Å². The highest BCUT2D eigenvalue weighted by molar-refractivity contribution is 5.93. The molecule has 0 bridgehead atoms. The molecular weight excluding hydrogens is 304 g/mol. The molecule has 1 aliphatic rings. The van der Waals surface area contributed by atoms with Crippen LogP contribution >= 0.6 is 12.4 Å². The van der Waals surface area contributed by atoms with Crippen LogP contribution in [0.1, 0.15) is 13.8 Å². The third-order valence-corrected chi connectivity index (χ3v) is 3.53. The first-order chi connectivity index (χ1) is 10.1. The van der Waals surface area contributed by atoms with E-state index in [0.717, 1.165) is 13.1 Å². The Morgan fingerprint density at radius 1 is 1.32 bits per heavy atom. The summed E-state index contributed by atoms with van der Waals surface area (Å²) in [5.74, 6) is -0.0489. The summed E-state index contributed by atoms with van der Waals surface area (Å²) in [4.78, 5) is 26.0. The number of nitrogens with one attached hydrogen (secondary N) is 3. The van der Waals surface area contributed by atoms with Crippen molar-refractivity contribution in [1.82, 2.24) is 15.5 Å². The molecular formula is C15H23ClN4O2. The molecule has 1 saturated heterocycles. The molecule has 1 fully saturated rings. The molecule has 3 N–H and O–H groups in total. The van der Waals surface area contributed by atoms with Crippen LogP contribution in [0.15, 0.2) is 30.3 Å². The zero-order chi connectivity index (χ0) is 15.2. The van der Waals surface area contributed by atoms with Crippen LogP contribution in [0.5, 0.6) is 0 Å². The van der Waals surface area contributed by atoms with Gasteiger partial charge in [0.15, 0.2) is 0 Å². The maximum absolute atomic E-state index is 12.4. The molecule has 0 aromatic heterocycles. The van der Waals surface area contributed by atoms with Gasteiger partial charge in [-0.15, -0.1) is 12.4 Å². The van der Waals surface area contributed by atoms with Crippen molar-refractivity contribution in [2.75, 3.05) is 25.0 Å². The lowest BCUT2D eigenvalue weighted by molar-refractivity contribution is -0.135. The third-order valence-electron chi connectivity index (χ3n) is 3.53. The summed E-state index contributed by atoms with van der Waals surface area (Å²) in [6.07, 6.45) is 0. The summed E-state index contributed by atoms with van der Waals surface area (Å²) in [6, 6.07) is 8.38. The Kier molecular flexibility index (Phi) is 7.14. The molecule has 122 valence electrons. The monoisotopic (exact) mass is 326 g/mol. The van der Waals surface area contributed by atoms with E-state index in [-0.39, 0.29) is 30.4 Å². The Hall–Kier alpha value is -1.79. The molecule has 0 saturated carbocycles. The number of rotatable bonds is 3. The maximum atomic E-state index is 12.4. The van der Waals surface area contributed by atoms with Gasteiger partial charge in [0.05, 0.1) is 0 Å². The molecule has 1 heterocycles. The van der Waals surface area contributed by atoms with Crippen molar-refractivity contribution >= 4 is 30.0 Å². The second kappa shape index (κ2) is 8.60. The second-order valence-electron chi connectivity index (χ2n) is 5.27. The van der Waals surface area contributed by atoms with Gasteiger partial charge in [-0.1, -0.05) is 18.2 Å². The average molecular weight is 327 g/mol. The van der Waals surface area contributed by atoms with Crippen molar-refractivity contribution in [3.8, 4) is 0 Å². The van der Waals surface area contributed by atoms with E-state index >= 15 is 0 Å². The fourth-order valence-electron chi connectivity index (χ4n) is 2.36. The summed E-state index contributed by atoms with van der Waals surface area (Å²) in [7, 11) is 0. The number of benzene rings is 1. The Morgan fingerprint density at radius 2 is 2.00 bits per heavy atom. The van der Waals surface area contributed by atoms with Gasteiger partial charge in [-0.25, -0.2) is 4.79 Å². The highest BCUT2D eigenvalue weighted by Gasteiger charge is 2.27. The number of halogens is 1. The van der Waals surface area contributed by atoms with Crippen LogP contribution < -0.4 is 16.0 Å².